The smallest absolute Gasteiger partial charge is 0.283 e. The number of anilines is 1. The van der Waals surface area contributed by atoms with Crippen molar-refractivity contribution >= 4 is 33.0 Å². The summed E-state index contributed by atoms with van der Waals surface area (Å²) < 4.78 is 2.07. The lowest BCUT2D eigenvalue weighted by Gasteiger charge is -2.09. The Hall–Kier alpha value is -1.14. The molecule has 6 heteroatoms. The number of halogens is 1. The molecule has 1 N–H and O–H groups in total. The van der Waals surface area contributed by atoms with Gasteiger partial charge in [-0.05, 0) is 40.9 Å². The number of aryl methyl sites for hydroxylation is 2. The minimum atomic E-state index is -0.0751. The molecular formula is C15H20BrN3OS. The quantitative estimate of drug-likeness (QED) is 0.800. The van der Waals surface area contributed by atoms with Gasteiger partial charge in [0.2, 0.25) is 0 Å². The summed E-state index contributed by atoms with van der Waals surface area (Å²) in [5.41, 5.74) is 0.674. The van der Waals surface area contributed by atoms with E-state index in [0.717, 1.165) is 24.9 Å². The summed E-state index contributed by atoms with van der Waals surface area (Å²) in [7, 11) is 0. The van der Waals surface area contributed by atoms with Gasteiger partial charge in [0.15, 0.2) is 0 Å². The van der Waals surface area contributed by atoms with Crippen molar-refractivity contribution in [2.24, 2.45) is 0 Å². The zero-order valence-electron chi connectivity index (χ0n) is 12.4. The van der Waals surface area contributed by atoms with E-state index in [2.05, 4.69) is 52.3 Å². The molecule has 0 aromatic carbocycles. The fourth-order valence-electron chi connectivity index (χ4n) is 1.95. The van der Waals surface area contributed by atoms with Gasteiger partial charge in [0.25, 0.3) is 5.56 Å². The summed E-state index contributed by atoms with van der Waals surface area (Å²) in [6.07, 6.45) is 4.78. The molecule has 2 heterocycles. The van der Waals surface area contributed by atoms with Gasteiger partial charge in [-0.1, -0.05) is 20.3 Å². The third-order valence-electron chi connectivity index (χ3n) is 3.23. The minimum Gasteiger partial charge on any atom is -0.378 e. The van der Waals surface area contributed by atoms with E-state index in [0.29, 0.717) is 17.6 Å². The summed E-state index contributed by atoms with van der Waals surface area (Å²) in [6, 6.07) is 4.28. The minimum absolute atomic E-state index is 0.0751. The standard InChI is InChI=1S/C15H20BrN3OS/c1-3-5-8-19-15(20)14(16)13(10-18-19)17-9-12-7-6-11(4-2)21-12/h6-7,10,17H,3-5,8-9H2,1-2H3. The molecule has 2 aromatic rings. The first-order valence-electron chi connectivity index (χ1n) is 7.22. The molecule has 0 atom stereocenters. The molecule has 0 spiro atoms. The topological polar surface area (TPSA) is 46.9 Å². The Morgan fingerprint density at radius 1 is 1.33 bits per heavy atom. The number of nitrogens with zero attached hydrogens (tertiary/aromatic N) is 2. The van der Waals surface area contributed by atoms with Gasteiger partial charge in [0.05, 0.1) is 11.9 Å². The van der Waals surface area contributed by atoms with E-state index in [4.69, 9.17) is 0 Å². The van der Waals surface area contributed by atoms with Gasteiger partial charge in [-0.2, -0.15) is 5.10 Å². The van der Waals surface area contributed by atoms with Crippen LogP contribution in [-0.2, 0) is 19.5 Å². The van der Waals surface area contributed by atoms with Crippen molar-refractivity contribution in [3.8, 4) is 0 Å². The molecule has 0 aliphatic carbocycles. The summed E-state index contributed by atoms with van der Waals surface area (Å²) in [5.74, 6) is 0. The zero-order valence-corrected chi connectivity index (χ0v) is 14.8. The molecule has 2 rings (SSSR count). The predicted octanol–water partition coefficient (Wildman–Crippen LogP) is 4.04. The van der Waals surface area contributed by atoms with E-state index in [1.165, 1.54) is 14.4 Å². The summed E-state index contributed by atoms with van der Waals surface area (Å²) in [6.45, 7) is 5.63. The van der Waals surface area contributed by atoms with Gasteiger partial charge in [0.1, 0.15) is 4.47 Å². The molecule has 114 valence electrons. The summed E-state index contributed by atoms with van der Waals surface area (Å²) in [5, 5.41) is 7.50. The Balaban J connectivity index is 2.06. The lowest BCUT2D eigenvalue weighted by Crippen LogP contribution is -2.24. The number of unbranched alkanes of at least 4 members (excludes halogenated alkanes) is 1. The number of hydrogen-bond acceptors (Lipinski definition) is 4. The molecule has 0 aliphatic rings. The Morgan fingerprint density at radius 2 is 2.10 bits per heavy atom. The largest absolute Gasteiger partial charge is 0.378 e. The van der Waals surface area contributed by atoms with Gasteiger partial charge in [-0.15, -0.1) is 11.3 Å². The van der Waals surface area contributed by atoms with Crippen LogP contribution in [0.25, 0.3) is 0 Å². The number of aromatic nitrogens is 2. The Bertz CT molecular complexity index is 651. The van der Waals surface area contributed by atoms with Crippen molar-refractivity contribution in [1.82, 2.24) is 9.78 Å². The lowest BCUT2D eigenvalue weighted by molar-refractivity contribution is 0.541. The van der Waals surface area contributed by atoms with Crippen molar-refractivity contribution in [3.63, 3.8) is 0 Å². The molecular weight excluding hydrogens is 350 g/mol. The molecule has 0 saturated heterocycles. The second-order valence-electron chi connectivity index (χ2n) is 4.83. The molecule has 0 aliphatic heterocycles. The highest BCUT2D eigenvalue weighted by atomic mass is 79.9. The molecule has 0 radical (unpaired) electrons. The first-order chi connectivity index (χ1) is 10.2. The highest BCUT2D eigenvalue weighted by Crippen LogP contribution is 2.21. The Kier molecular flexibility index (Phi) is 5.99. The van der Waals surface area contributed by atoms with Gasteiger partial charge in [-0.25, -0.2) is 4.68 Å². The molecule has 0 bridgehead atoms. The molecule has 0 unspecified atom stereocenters. The van der Waals surface area contributed by atoms with Crippen LogP contribution >= 0.6 is 27.3 Å². The Labute approximate surface area is 137 Å². The fourth-order valence-corrected chi connectivity index (χ4v) is 3.29. The van der Waals surface area contributed by atoms with Crippen LogP contribution in [0.4, 0.5) is 5.69 Å². The predicted molar refractivity (Wildman–Crippen MR) is 92.1 cm³/mol. The Morgan fingerprint density at radius 3 is 2.76 bits per heavy atom. The van der Waals surface area contributed by atoms with Gasteiger partial charge >= 0.3 is 0 Å². The van der Waals surface area contributed by atoms with E-state index in [1.54, 1.807) is 17.5 Å². The normalized spacial score (nSPS) is 10.8. The van der Waals surface area contributed by atoms with E-state index in [9.17, 15) is 4.79 Å². The van der Waals surface area contributed by atoms with Crippen LogP contribution < -0.4 is 10.9 Å². The fraction of sp³-hybridized carbons (Fsp3) is 0.467. The van der Waals surface area contributed by atoms with Crippen LogP contribution in [0.5, 0.6) is 0 Å². The first kappa shape index (κ1) is 16.2. The highest BCUT2D eigenvalue weighted by Gasteiger charge is 2.08. The van der Waals surface area contributed by atoms with Gasteiger partial charge in [-0.3, -0.25) is 4.79 Å². The van der Waals surface area contributed by atoms with Crippen LogP contribution in [-0.4, -0.2) is 9.78 Å². The average Bonchev–Trinajstić information content (AvgIpc) is 2.96. The maximum absolute atomic E-state index is 12.2. The maximum Gasteiger partial charge on any atom is 0.283 e. The third-order valence-corrected chi connectivity index (χ3v) is 5.22. The van der Waals surface area contributed by atoms with Crippen LogP contribution in [0, 0.1) is 0 Å². The number of thiophene rings is 1. The van der Waals surface area contributed by atoms with E-state index < -0.39 is 0 Å². The molecule has 2 aromatic heterocycles. The van der Waals surface area contributed by atoms with E-state index in [1.807, 2.05) is 0 Å². The van der Waals surface area contributed by atoms with E-state index in [-0.39, 0.29) is 5.56 Å². The van der Waals surface area contributed by atoms with Crippen molar-refractivity contribution in [1.29, 1.82) is 0 Å². The van der Waals surface area contributed by atoms with Crippen molar-refractivity contribution < 1.29 is 0 Å². The SMILES string of the molecule is CCCCn1ncc(NCc2ccc(CC)s2)c(Br)c1=O. The second kappa shape index (κ2) is 7.75. The third kappa shape index (κ3) is 4.17. The monoisotopic (exact) mass is 369 g/mol. The maximum atomic E-state index is 12.2. The van der Waals surface area contributed by atoms with Crippen LogP contribution in [0.3, 0.4) is 0 Å². The zero-order chi connectivity index (χ0) is 15.2. The average molecular weight is 370 g/mol. The molecule has 0 fully saturated rings. The van der Waals surface area contributed by atoms with E-state index >= 15 is 0 Å². The molecule has 0 amide bonds. The number of hydrogen-bond donors (Lipinski definition) is 1. The highest BCUT2D eigenvalue weighted by molar-refractivity contribution is 9.10. The summed E-state index contributed by atoms with van der Waals surface area (Å²) in [4.78, 5) is 14.8. The lowest BCUT2D eigenvalue weighted by atomic mass is 10.3. The number of nitrogens with one attached hydrogen (secondary N) is 1. The van der Waals surface area contributed by atoms with Crippen molar-refractivity contribution in [2.45, 2.75) is 46.2 Å². The summed E-state index contributed by atoms with van der Waals surface area (Å²) >= 11 is 5.18. The molecule has 4 nitrogen and oxygen atoms in total. The van der Waals surface area contributed by atoms with Crippen molar-refractivity contribution in [3.05, 3.63) is 42.9 Å². The van der Waals surface area contributed by atoms with Gasteiger partial charge in [0, 0.05) is 22.8 Å². The van der Waals surface area contributed by atoms with Gasteiger partial charge < -0.3 is 5.32 Å². The van der Waals surface area contributed by atoms with Crippen LogP contribution in [0.1, 0.15) is 36.4 Å². The van der Waals surface area contributed by atoms with Crippen LogP contribution in [0.15, 0.2) is 27.6 Å². The first-order valence-corrected chi connectivity index (χ1v) is 8.83. The number of rotatable bonds is 7. The van der Waals surface area contributed by atoms with Crippen molar-refractivity contribution in [2.75, 3.05) is 5.32 Å². The second-order valence-corrected chi connectivity index (χ2v) is 6.88. The van der Waals surface area contributed by atoms with Crippen LogP contribution in [0.2, 0.25) is 0 Å². The molecule has 21 heavy (non-hydrogen) atoms. The molecule has 0 saturated carbocycles.